The predicted octanol–water partition coefficient (Wildman–Crippen LogP) is 6.18. The fraction of sp³-hybridized carbons (Fsp3) is 0.333. The third-order valence-corrected chi connectivity index (χ3v) is 8.30. The van der Waals surface area contributed by atoms with Crippen LogP contribution in [0.2, 0.25) is 0 Å². The van der Waals surface area contributed by atoms with E-state index in [2.05, 4.69) is 22.0 Å². The van der Waals surface area contributed by atoms with E-state index in [4.69, 9.17) is 9.47 Å². The zero-order chi connectivity index (χ0) is 27.6. The van der Waals surface area contributed by atoms with E-state index in [1.807, 2.05) is 42.5 Å². The molecule has 1 amide bonds. The van der Waals surface area contributed by atoms with Gasteiger partial charge in [-0.25, -0.2) is 4.79 Å². The number of aromatic nitrogens is 1. The normalized spacial score (nSPS) is 15.8. The van der Waals surface area contributed by atoms with Crippen molar-refractivity contribution in [2.75, 3.05) is 13.7 Å². The first-order valence-corrected chi connectivity index (χ1v) is 14.1. The maximum absolute atomic E-state index is 13.4. The second-order valence-corrected chi connectivity index (χ2v) is 10.7. The Balaban J connectivity index is 1.37. The Morgan fingerprint density at radius 3 is 2.58 bits per heavy atom. The molecule has 40 heavy (non-hydrogen) atoms. The molecule has 1 aliphatic heterocycles. The van der Waals surface area contributed by atoms with Crippen LogP contribution in [0.15, 0.2) is 66.7 Å². The second kappa shape index (κ2) is 11.1. The lowest BCUT2D eigenvalue weighted by Gasteiger charge is -2.23. The first kappa shape index (κ1) is 26.0. The Labute approximate surface area is 233 Å². The lowest BCUT2D eigenvalue weighted by atomic mass is 9.81. The number of carboxylic acid groups (broad SMARTS) is 1. The number of carbonyl (C=O) groups is 2. The molecule has 7 heteroatoms. The monoisotopic (exact) mass is 538 g/mol. The molecule has 1 saturated carbocycles. The Kier molecular flexibility index (Phi) is 7.20. The van der Waals surface area contributed by atoms with Crippen molar-refractivity contribution in [3.63, 3.8) is 0 Å². The second-order valence-electron chi connectivity index (χ2n) is 10.7. The summed E-state index contributed by atoms with van der Waals surface area (Å²) in [5.74, 6) is 0.569. The van der Waals surface area contributed by atoms with Crippen LogP contribution in [-0.2, 0) is 17.8 Å². The molecule has 7 nitrogen and oxygen atoms in total. The van der Waals surface area contributed by atoms with Gasteiger partial charge in [0, 0.05) is 28.5 Å². The number of rotatable bonds is 7. The molecule has 1 aliphatic carbocycles. The molecule has 0 radical (unpaired) electrons. The molecule has 0 unspecified atom stereocenters. The van der Waals surface area contributed by atoms with Crippen molar-refractivity contribution in [2.24, 2.45) is 0 Å². The van der Waals surface area contributed by atoms with Gasteiger partial charge in [0.05, 0.1) is 19.3 Å². The molecule has 1 atom stereocenters. The highest BCUT2D eigenvalue weighted by Crippen LogP contribution is 2.47. The summed E-state index contributed by atoms with van der Waals surface area (Å²) in [4.78, 5) is 25.5. The number of aliphatic carboxylic acids is 1. The van der Waals surface area contributed by atoms with Crippen molar-refractivity contribution in [1.82, 2.24) is 9.88 Å². The molecule has 1 aromatic heterocycles. The SMILES string of the molecule is COc1ccc(C[C@H](NC(=O)c2ccc3c(C4CCCCC4)c4n(c3c2)CCOc2ccccc2-4)C(=O)O)cc1. The first-order chi connectivity index (χ1) is 19.5. The number of nitrogens with one attached hydrogen (secondary N) is 1. The fourth-order valence-electron chi connectivity index (χ4n) is 6.32. The maximum Gasteiger partial charge on any atom is 0.326 e. The van der Waals surface area contributed by atoms with Crippen LogP contribution in [0.3, 0.4) is 0 Å². The van der Waals surface area contributed by atoms with Gasteiger partial charge in [0.2, 0.25) is 0 Å². The van der Waals surface area contributed by atoms with E-state index in [1.54, 1.807) is 19.2 Å². The molecule has 4 aromatic rings. The lowest BCUT2D eigenvalue weighted by molar-refractivity contribution is -0.139. The molecule has 206 valence electrons. The van der Waals surface area contributed by atoms with Gasteiger partial charge in [0.25, 0.3) is 5.91 Å². The third-order valence-electron chi connectivity index (χ3n) is 8.30. The molecule has 2 N–H and O–H groups in total. The van der Waals surface area contributed by atoms with Crippen LogP contribution in [0.1, 0.15) is 59.5 Å². The number of hydrogen-bond acceptors (Lipinski definition) is 4. The van der Waals surface area contributed by atoms with Crippen LogP contribution in [0.5, 0.6) is 11.5 Å². The highest BCUT2D eigenvalue weighted by Gasteiger charge is 2.30. The topological polar surface area (TPSA) is 89.8 Å². The predicted molar refractivity (Wildman–Crippen MR) is 154 cm³/mol. The van der Waals surface area contributed by atoms with Crippen molar-refractivity contribution in [3.05, 3.63) is 83.4 Å². The van der Waals surface area contributed by atoms with Gasteiger partial charge in [-0.3, -0.25) is 4.79 Å². The van der Waals surface area contributed by atoms with Crippen molar-refractivity contribution in [2.45, 2.75) is 57.0 Å². The first-order valence-electron chi connectivity index (χ1n) is 14.1. The highest BCUT2D eigenvalue weighted by atomic mass is 16.5. The molecule has 2 aliphatic rings. The summed E-state index contributed by atoms with van der Waals surface area (Å²) in [6, 6.07) is 20.2. The number of hydrogen-bond donors (Lipinski definition) is 2. The van der Waals surface area contributed by atoms with Crippen molar-refractivity contribution >= 4 is 22.8 Å². The fourth-order valence-corrected chi connectivity index (χ4v) is 6.32. The Hall–Kier alpha value is -4.26. The van der Waals surface area contributed by atoms with Gasteiger partial charge in [-0.05, 0) is 66.3 Å². The molecule has 0 saturated heterocycles. The van der Waals surface area contributed by atoms with Crippen LogP contribution in [0.4, 0.5) is 0 Å². The van der Waals surface area contributed by atoms with E-state index in [-0.39, 0.29) is 6.42 Å². The zero-order valence-electron chi connectivity index (χ0n) is 22.7. The molecular weight excluding hydrogens is 504 g/mol. The van der Waals surface area contributed by atoms with Gasteiger partial charge >= 0.3 is 5.97 Å². The number of amides is 1. The molecule has 0 bridgehead atoms. The molecule has 2 heterocycles. The maximum atomic E-state index is 13.4. The summed E-state index contributed by atoms with van der Waals surface area (Å²) in [6.45, 7) is 1.21. The average molecular weight is 539 g/mol. The summed E-state index contributed by atoms with van der Waals surface area (Å²) in [5.41, 5.74) is 5.87. The quantitative estimate of drug-likeness (QED) is 0.293. The average Bonchev–Trinajstić information content (AvgIpc) is 3.18. The smallest absolute Gasteiger partial charge is 0.326 e. The Morgan fingerprint density at radius 1 is 1.05 bits per heavy atom. The number of ether oxygens (including phenoxy) is 2. The minimum atomic E-state index is -1.07. The largest absolute Gasteiger partial charge is 0.497 e. The number of para-hydroxylation sites is 1. The minimum Gasteiger partial charge on any atom is -0.497 e. The molecule has 3 aromatic carbocycles. The minimum absolute atomic E-state index is 0.174. The van der Waals surface area contributed by atoms with Crippen LogP contribution in [-0.4, -0.2) is 41.3 Å². The molecular formula is C33H34N2O5. The summed E-state index contributed by atoms with van der Waals surface area (Å²) in [5, 5.41) is 13.8. The van der Waals surface area contributed by atoms with Crippen LogP contribution in [0, 0.1) is 0 Å². The van der Waals surface area contributed by atoms with Crippen molar-refractivity contribution < 1.29 is 24.2 Å². The van der Waals surface area contributed by atoms with Crippen LogP contribution < -0.4 is 14.8 Å². The van der Waals surface area contributed by atoms with Crippen LogP contribution in [0.25, 0.3) is 22.2 Å². The summed E-state index contributed by atoms with van der Waals surface area (Å²) >= 11 is 0. The summed E-state index contributed by atoms with van der Waals surface area (Å²) < 4.78 is 13.6. The van der Waals surface area contributed by atoms with E-state index in [0.717, 1.165) is 35.2 Å². The zero-order valence-corrected chi connectivity index (χ0v) is 22.7. The van der Waals surface area contributed by atoms with Gasteiger partial charge in [0.1, 0.15) is 24.1 Å². The van der Waals surface area contributed by atoms with Crippen LogP contribution >= 0.6 is 0 Å². The highest BCUT2D eigenvalue weighted by molar-refractivity contribution is 6.02. The van der Waals surface area contributed by atoms with E-state index < -0.39 is 17.9 Å². The Morgan fingerprint density at radius 2 is 1.82 bits per heavy atom. The number of carbonyl (C=O) groups excluding carboxylic acids is 1. The summed E-state index contributed by atoms with van der Waals surface area (Å²) in [7, 11) is 1.58. The van der Waals surface area contributed by atoms with E-state index in [1.165, 1.54) is 35.9 Å². The van der Waals surface area contributed by atoms with Gasteiger partial charge in [0.15, 0.2) is 0 Å². The molecule has 6 rings (SSSR count). The lowest BCUT2D eigenvalue weighted by Crippen LogP contribution is -2.42. The summed E-state index contributed by atoms with van der Waals surface area (Å²) in [6.07, 6.45) is 6.20. The molecule has 1 fully saturated rings. The standard InChI is InChI=1S/C33H34N2O5/c1-39-24-14-11-21(12-15-24)19-27(33(37)38)34-32(36)23-13-16-25-28(20-23)35-17-18-40-29-10-6-5-9-26(29)31(35)30(25)22-7-3-2-4-8-22/h5-6,9-16,20,22,27H,2-4,7-8,17-19H2,1H3,(H,34,36)(H,37,38)/t27-/m0/s1. The van der Waals surface area contributed by atoms with Gasteiger partial charge in [-0.15, -0.1) is 0 Å². The number of methoxy groups -OCH3 is 1. The van der Waals surface area contributed by atoms with Crippen molar-refractivity contribution in [3.8, 4) is 22.8 Å². The Bertz CT molecular complexity index is 1550. The number of carboxylic acids is 1. The number of nitrogens with zero attached hydrogens (tertiary/aromatic N) is 1. The van der Waals surface area contributed by atoms with E-state index in [9.17, 15) is 14.7 Å². The molecule has 0 spiro atoms. The number of fused-ring (bicyclic) bond motifs is 5. The number of benzene rings is 3. The van der Waals surface area contributed by atoms with E-state index >= 15 is 0 Å². The van der Waals surface area contributed by atoms with Gasteiger partial charge in [-0.2, -0.15) is 0 Å². The van der Waals surface area contributed by atoms with Gasteiger partial charge in [-0.1, -0.05) is 49.6 Å². The van der Waals surface area contributed by atoms with Crippen molar-refractivity contribution in [1.29, 1.82) is 0 Å². The van der Waals surface area contributed by atoms with E-state index in [0.29, 0.717) is 30.4 Å². The third kappa shape index (κ3) is 4.92. The van der Waals surface area contributed by atoms with Gasteiger partial charge < -0.3 is 24.5 Å².